The lowest BCUT2D eigenvalue weighted by Crippen LogP contribution is -2.50. The van der Waals surface area contributed by atoms with Gasteiger partial charge in [0.1, 0.15) is 0 Å². The minimum atomic E-state index is -3.22. The zero-order chi connectivity index (χ0) is 15.8. The Morgan fingerprint density at radius 3 is 2.05 bits per heavy atom. The summed E-state index contributed by atoms with van der Waals surface area (Å²) in [6.45, 7) is 1.21. The summed E-state index contributed by atoms with van der Waals surface area (Å²) in [4.78, 5) is 13.9. The van der Waals surface area contributed by atoms with Crippen molar-refractivity contribution in [3.05, 3.63) is 27.7 Å². The maximum atomic E-state index is 12.4. The zero-order valence-electron chi connectivity index (χ0n) is 11.3. The van der Waals surface area contributed by atoms with Crippen molar-refractivity contribution in [1.29, 1.82) is 0 Å². The molecule has 2 N–H and O–H groups in total. The van der Waals surface area contributed by atoms with Crippen LogP contribution in [-0.2, 0) is 10.0 Å². The van der Waals surface area contributed by atoms with Crippen molar-refractivity contribution in [1.82, 2.24) is 9.21 Å². The average molecular weight is 352 g/mol. The quantitative estimate of drug-likeness (QED) is 0.813. The third kappa shape index (κ3) is 3.60. The van der Waals surface area contributed by atoms with E-state index in [1.54, 1.807) is 4.90 Å². The lowest BCUT2D eigenvalue weighted by molar-refractivity contribution is 0.0698. The van der Waals surface area contributed by atoms with Gasteiger partial charge >= 0.3 is 0 Å². The van der Waals surface area contributed by atoms with Crippen LogP contribution in [-0.4, -0.2) is 56.0 Å². The Kier molecular flexibility index (Phi) is 4.67. The molecule has 0 atom stereocenters. The molecule has 1 fully saturated rings. The summed E-state index contributed by atoms with van der Waals surface area (Å²) >= 11 is 11.8. The smallest absolute Gasteiger partial charge is 0.254 e. The summed E-state index contributed by atoms with van der Waals surface area (Å²) in [5.41, 5.74) is 6.21. The Bertz CT molecular complexity index is 647. The van der Waals surface area contributed by atoms with Gasteiger partial charge in [-0.05, 0) is 12.1 Å². The fourth-order valence-electron chi connectivity index (χ4n) is 2.11. The fourth-order valence-corrected chi connectivity index (χ4v) is 3.43. The molecule has 1 aliphatic rings. The van der Waals surface area contributed by atoms with Gasteiger partial charge in [0.05, 0.1) is 22.0 Å². The average Bonchev–Trinajstić information content (AvgIpc) is 2.42. The van der Waals surface area contributed by atoms with Gasteiger partial charge in [-0.3, -0.25) is 4.79 Å². The van der Waals surface area contributed by atoms with Gasteiger partial charge in [0, 0.05) is 31.7 Å². The first-order chi connectivity index (χ1) is 9.70. The molecule has 1 aromatic carbocycles. The van der Waals surface area contributed by atoms with E-state index in [0.717, 1.165) is 6.26 Å². The predicted octanol–water partition coefficient (Wildman–Crippen LogP) is 1.29. The third-order valence-electron chi connectivity index (χ3n) is 3.32. The first kappa shape index (κ1) is 16.4. The number of carbonyl (C=O) groups is 1. The number of hydrogen-bond acceptors (Lipinski definition) is 4. The molecule has 0 radical (unpaired) electrons. The van der Waals surface area contributed by atoms with E-state index < -0.39 is 10.0 Å². The molecule has 1 aliphatic heterocycles. The summed E-state index contributed by atoms with van der Waals surface area (Å²) < 4.78 is 24.2. The van der Waals surface area contributed by atoms with Crippen LogP contribution in [0.15, 0.2) is 12.1 Å². The Morgan fingerprint density at radius 1 is 1.14 bits per heavy atom. The number of nitrogens with zero attached hydrogens (tertiary/aromatic N) is 2. The lowest BCUT2D eigenvalue weighted by atomic mass is 10.1. The molecule has 0 aliphatic carbocycles. The van der Waals surface area contributed by atoms with Crippen LogP contribution in [0.4, 0.5) is 5.69 Å². The molecule has 0 bridgehead atoms. The molecule has 1 aromatic rings. The van der Waals surface area contributed by atoms with Gasteiger partial charge in [0.15, 0.2) is 0 Å². The van der Waals surface area contributed by atoms with E-state index in [2.05, 4.69) is 0 Å². The first-order valence-electron chi connectivity index (χ1n) is 6.19. The number of amides is 1. The van der Waals surface area contributed by atoms with Gasteiger partial charge in [0.25, 0.3) is 5.91 Å². The molecule has 0 aromatic heterocycles. The predicted molar refractivity (Wildman–Crippen MR) is 83.2 cm³/mol. The Balaban J connectivity index is 2.13. The second-order valence-corrected chi connectivity index (χ2v) is 7.60. The van der Waals surface area contributed by atoms with E-state index in [-0.39, 0.29) is 34.7 Å². The number of anilines is 1. The van der Waals surface area contributed by atoms with E-state index in [0.29, 0.717) is 18.7 Å². The molecular weight excluding hydrogens is 337 g/mol. The Hall–Kier alpha value is -1.02. The van der Waals surface area contributed by atoms with Gasteiger partial charge < -0.3 is 10.6 Å². The maximum Gasteiger partial charge on any atom is 0.254 e. The highest BCUT2D eigenvalue weighted by Gasteiger charge is 2.27. The number of carbonyl (C=O) groups excluding carboxylic acids is 1. The Labute approximate surface area is 133 Å². The van der Waals surface area contributed by atoms with E-state index >= 15 is 0 Å². The van der Waals surface area contributed by atoms with Crippen LogP contribution >= 0.6 is 23.2 Å². The molecule has 9 heteroatoms. The molecule has 21 heavy (non-hydrogen) atoms. The highest BCUT2D eigenvalue weighted by Crippen LogP contribution is 2.29. The third-order valence-corrected chi connectivity index (χ3v) is 5.25. The number of nitrogen functional groups attached to an aromatic ring is 1. The number of halogens is 2. The van der Waals surface area contributed by atoms with Crippen molar-refractivity contribution in [3.8, 4) is 0 Å². The van der Waals surface area contributed by atoms with E-state index in [9.17, 15) is 13.2 Å². The summed E-state index contributed by atoms with van der Waals surface area (Å²) in [6.07, 6.45) is 1.16. The molecule has 0 spiro atoms. The van der Waals surface area contributed by atoms with Gasteiger partial charge in [-0.2, -0.15) is 4.31 Å². The molecule has 2 rings (SSSR count). The summed E-state index contributed by atoms with van der Waals surface area (Å²) in [7, 11) is -3.22. The molecule has 1 saturated heterocycles. The van der Waals surface area contributed by atoms with Crippen molar-refractivity contribution >= 4 is 44.8 Å². The zero-order valence-corrected chi connectivity index (χ0v) is 13.7. The second kappa shape index (κ2) is 6.00. The monoisotopic (exact) mass is 351 g/mol. The van der Waals surface area contributed by atoms with Crippen molar-refractivity contribution < 1.29 is 13.2 Å². The summed E-state index contributed by atoms with van der Waals surface area (Å²) in [5.74, 6) is -0.244. The number of piperazine rings is 1. The van der Waals surface area contributed by atoms with Crippen LogP contribution in [0.25, 0.3) is 0 Å². The SMILES string of the molecule is CS(=O)(=O)N1CCN(C(=O)c2cc(Cl)c(N)c(Cl)c2)CC1. The number of sulfonamides is 1. The molecule has 1 heterocycles. The number of hydrogen-bond donors (Lipinski definition) is 1. The van der Waals surface area contributed by atoms with Crippen molar-refractivity contribution in [2.45, 2.75) is 0 Å². The van der Waals surface area contributed by atoms with Crippen molar-refractivity contribution in [3.63, 3.8) is 0 Å². The maximum absolute atomic E-state index is 12.4. The lowest BCUT2D eigenvalue weighted by Gasteiger charge is -2.33. The van der Waals surface area contributed by atoms with Crippen LogP contribution in [0.5, 0.6) is 0 Å². The Morgan fingerprint density at radius 2 is 1.62 bits per heavy atom. The highest BCUT2D eigenvalue weighted by atomic mass is 35.5. The topological polar surface area (TPSA) is 83.7 Å². The number of rotatable bonds is 2. The van der Waals surface area contributed by atoms with E-state index in [4.69, 9.17) is 28.9 Å². The number of benzene rings is 1. The van der Waals surface area contributed by atoms with E-state index in [1.807, 2.05) is 0 Å². The molecule has 116 valence electrons. The van der Waals surface area contributed by atoms with Gasteiger partial charge in [-0.15, -0.1) is 0 Å². The van der Waals surface area contributed by atoms with Crippen LogP contribution < -0.4 is 5.73 Å². The minimum Gasteiger partial charge on any atom is -0.396 e. The van der Waals surface area contributed by atoms with Crippen molar-refractivity contribution in [2.75, 3.05) is 38.2 Å². The largest absolute Gasteiger partial charge is 0.396 e. The summed E-state index contributed by atoms with van der Waals surface area (Å²) in [6, 6.07) is 2.93. The first-order valence-corrected chi connectivity index (χ1v) is 8.79. The van der Waals surface area contributed by atoms with Crippen LogP contribution in [0.1, 0.15) is 10.4 Å². The minimum absolute atomic E-state index is 0.223. The van der Waals surface area contributed by atoms with Gasteiger partial charge in [0.2, 0.25) is 10.0 Å². The normalized spacial score (nSPS) is 17.0. The van der Waals surface area contributed by atoms with Crippen LogP contribution in [0.3, 0.4) is 0 Å². The van der Waals surface area contributed by atoms with Gasteiger partial charge in [-0.1, -0.05) is 23.2 Å². The molecule has 1 amide bonds. The van der Waals surface area contributed by atoms with Crippen LogP contribution in [0, 0.1) is 0 Å². The molecule has 0 saturated carbocycles. The molecule has 6 nitrogen and oxygen atoms in total. The standard InChI is InChI=1S/C12H15Cl2N3O3S/c1-21(19,20)17-4-2-16(3-5-17)12(18)8-6-9(13)11(15)10(14)7-8/h6-7H,2-5,15H2,1H3. The molecule has 0 unspecified atom stereocenters. The fraction of sp³-hybridized carbons (Fsp3) is 0.417. The number of nitrogens with two attached hydrogens (primary N) is 1. The van der Waals surface area contributed by atoms with Crippen LogP contribution in [0.2, 0.25) is 10.0 Å². The second-order valence-electron chi connectivity index (χ2n) is 4.81. The van der Waals surface area contributed by atoms with Gasteiger partial charge in [-0.25, -0.2) is 8.42 Å². The summed E-state index contributed by atoms with van der Waals surface area (Å²) in [5, 5.41) is 0.446. The highest BCUT2D eigenvalue weighted by molar-refractivity contribution is 7.88. The van der Waals surface area contributed by atoms with E-state index in [1.165, 1.54) is 16.4 Å². The van der Waals surface area contributed by atoms with Crippen molar-refractivity contribution in [2.24, 2.45) is 0 Å². The molecular formula is C12H15Cl2N3O3S.